The molecule has 1 fully saturated rings. The van der Waals surface area contributed by atoms with Crippen LogP contribution in [-0.2, 0) is 4.79 Å². The highest BCUT2D eigenvalue weighted by Gasteiger charge is 2.26. The molecule has 0 aromatic heterocycles. The summed E-state index contributed by atoms with van der Waals surface area (Å²) >= 11 is 0. The van der Waals surface area contributed by atoms with Gasteiger partial charge in [-0.25, -0.2) is 8.78 Å². The zero-order chi connectivity index (χ0) is 9.84. The molecule has 0 aromatic rings. The lowest BCUT2D eigenvalue weighted by Crippen LogP contribution is -2.40. The lowest BCUT2D eigenvalue weighted by Gasteiger charge is -2.30. The topological polar surface area (TPSA) is 40.5 Å². The minimum absolute atomic E-state index is 0.264. The van der Waals surface area contributed by atoms with E-state index in [1.165, 1.54) is 4.90 Å². The molecule has 0 spiro atoms. The van der Waals surface area contributed by atoms with Crippen LogP contribution in [0, 0.1) is 5.92 Å². The fraction of sp³-hybridized carbons (Fsp3) is 0.875. The second kappa shape index (κ2) is 4.50. The van der Waals surface area contributed by atoms with Crippen LogP contribution in [0.3, 0.4) is 0 Å². The molecule has 0 aromatic carbocycles. The number of nitrogens with zero attached hydrogens (tertiary/aromatic N) is 1. The Kier molecular flexibility index (Phi) is 3.59. The lowest BCUT2D eigenvalue weighted by atomic mass is 9.98. The van der Waals surface area contributed by atoms with E-state index in [-0.39, 0.29) is 13.1 Å². The largest absolute Gasteiger partial charge is 0.481 e. The Bertz CT molecular complexity index is 187. The van der Waals surface area contributed by atoms with Gasteiger partial charge in [0.2, 0.25) is 0 Å². The smallest absolute Gasteiger partial charge is 0.307 e. The molecule has 3 nitrogen and oxygen atoms in total. The van der Waals surface area contributed by atoms with Crippen molar-refractivity contribution < 1.29 is 18.7 Å². The Balaban J connectivity index is 2.37. The van der Waals surface area contributed by atoms with Gasteiger partial charge in [-0.15, -0.1) is 0 Å². The summed E-state index contributed by atoms with van der Waals surface area (Å²) in [4.78, 5) is 12.1. The lowest BCUT2D eigenvalue weighted by molar-refractivity contribution is -0.143. The van der Waals surface area contributed by atoms with E-state index in [0.29, 0.717) is 19.4 Å². The van der Waals surface area contributed by atoms with Crippen molar-refractivity contribution in [3.05, 3.63) is 0 Å². The number of alkyl halides is 2. The van der Waals surface area contributed by atoms with Crippen molar-refractivity contribution in [2.45, 2.75) is 19.3 Å². The monoisotopic (exact) mass is 193 g/mol. The first-order valence-electron chi connectivity index (χ1n) is 4.33. The molecule has 1 aliphatic rings. The predicted octanol–water partition coefficient (Wildman–Crippen LogP) is 1.05. The predicted molar refractivity (Wildman–Crippen MR) is 42.8 cm³/mol. The van der Waals surface area contributed by atoms with Gasteiger partial charge in [0.15, 0.2) is 0 Å². The number of likely N-dealkylation sites (tertiary alicyclic amines) is 1. The van der Waals surface area contributed by atoms with Gasteiger partial charge < -0.3 is 5.11 Å². The van der Waals surface area contributed by atoms with Crippen LogP contribution in [-0.4, -0.2) is 42.0 Å². The highest BCUT2D eigenvalue weighted by molar-refractivity contribution is 5.70. The normalized spacial score (nSPS) is 25.0. The number of aliphatic carboxylic acids is 1. The van der Waals surface area contributed by atoms with Crippen molar-refractivity contribution in [1.82, 2.24) is 4.90 Å². The van der Waals surface area contributed by atoms with Gasteiger partial charge in [0.25, 0.3) is 6.43 Å². The molecular weight excluding hydrogens is 180 g/mol. The van der Waals surface area contributed by atoms with Crippen LogP contribution in [0.15, 0.2) is 0 Å². The number of carbonyl (C=O) groups is 1. The zero-order valence-electron chi connectivity index (χ0n) is 7.25. The number of halogens is 2. The summed E-state index contributed by atoms with van der Waals surface area (Å²) in [6, 6.07) is 0. The first-order chi connectivity index (χ1) is 6.09. The number of rotatable bonds is 3. The molecule has 0 unspecified atom stereocenters. The van der Waals surface area contributed by atoms with Crippen LogP contribution in [0.25, 0.3) is 0 Å². The molecular formula is C8H13F2NO2. The molecule has 1 heterocycles. The number of carboxylic acids is 1. The Hall–Kier alpha value is -0.710. The van der Waals surface area contributed by atoms with Gasteiger partial charge in [-0.3, -0.25) is 9.69 Å². The van der Waals surface area contributed by atoms with Gasteiger partial charge in [0, 0.05) is 6.54 Å². The quantitative estimate of drug-likeness (QED) is 0.728. The van der Waals surface area contributed by atoms with E-state index in [1.54, 1.807) is 0 Å². The summed E-state index contributed by atoms with van der Waals surface area (Å²) in [5, 5.41) is 8.68. The maximum Gasteiger partial charge on any atom is 0.307 e. The Morgan fingerprint density at radius 3 is 2.85 bits per heavy atom. The Labute approximate surface area is 75.3 Å². The Morgan fingerprint density at radius 1 is 1.62 bits per heavy atom. The molecule has 0 amide bonds. The average molecular weight is 193 g/mol. The SMILES string of the molecule is O=C(O)[C@H]1CCCN(CC(F)F)C1. The molecule has 76 valence electrons. The van der Waals surface area contributed by atoms with Gasteiger partial charge in [0.05, 0.1) is 12.5 Å². The van der Waals surface area contributed by atoms with Crippen LogP contribution in [0.4, 0.5) is 8.78 Å². The van der Waals surface area contributed by atoms with Crippen molar-refractivity contribution in [3.63, 3.8) is 0 Å². The van der Waals surface area contributed by atoms with Crippen molar-refractivity contribution in [1.29, 1.82) is 0 Å². The number of hydrogen-bond donors (Lipinski definition) is 1. The van der Waals surface area contributed by atoms with E-state index < -0.39 is 18.3 Å². The third-order valence-corrected chi connectivity index (χ3v) is 2.25. The second-order valence-corrected chi connectivity index (χ2v) is 3.33. The number of hydrogen-bond acceptors (Lipinski definition) is 2. The fourth-order valence-electron chi connectivity index (χ4n) is 1.62. The molecule has 1 saturated heterocycles. The van der Waals surface area contributed by atoms with E-state index in [9.17, 15) is 13.6 Å². The average Bonchev–Trinajstić information content (AvgIpc) is 2.03. The molecule has 13 heavy (non-hydrogen) atoms. The van der Waals surface area contributed by atoms with Gasteiger partial charge in [-0.1, -0.05) is 0 Å². The van der Waals surface area contributed by atoms with Crippen molar-refractivity contribution in [3.8, 4) is 0 Å². The first-order valence-corrected chi connectivity index (χ1v) is 4.33. The Morgan fingerprint density at radius 2 is 2.31 bits per heavy atom. The molecule has 1 rings (SSSR count). The maximum absolute atomic E-state index is 12.0. The zero-order valence-corrected chi connectivity index (χ0v) is 7.25. The van der Waals surface area contributed by atoms with E-state index in [2.05, 4.69) is 0 Å². The third-order valence-electron chi connectivity index (χ3n) is 2.25. The van der Waals surface area contributed by atoms with Crippen LogP contribution in [0.5, 0.6) is 0 Å². The highest BCUT2D eigenvalue weighted by Crippen LogP contribution is 2.17. The van der Waals surface area contributed by atoms with Crippen LogP contribution in [0.1, 0.15) is 12.8 Å². The van der Waals surface area contributed by atoms with Crippen LogP contribution >= 0.6 is 0 Å². The van der Waals surface area contributed by atoms with E-state index >= 15 is 0 Å². The fourth-order valence-corrected chi connectivity index (χ4v) is 1.62. The van der Waals surface area contributed by atoms with Gasteiger partial charge >= 0.3 is 5.97 Å². The summed E-state index contributed by atoms with van der Waals surface area (Å²) in [6.45, 7) is 0.553. The van der Waals surface area contributed by atoms with Crippen molar-refractivity contribution in [2.24, 2.45) is 5.92 Å². The summed E-state index contributed by atoms with van der Waals surface area (Å²) in [7, 11) is 0. The molecule has 0 bridgehead atoms. The summed E-state index contributed by atoms with van der Waals surface area (Å²) in [5.41, 5.74) is 0. The number of carboxylic acid groups (broad SMARTS) is 1. The van der Waals surface area contributed by atoms with Crippen molar-refractivity contribution >= 4 is 5.97 Å². The van der Waals surface area contributed by atoms with Gasteiger partial charge in [-0.2, -0.15) is 0 Å². The van der Waals surface area contributed by atoms with E-state index in [4.69, 9.17) is 5.11 Å². The van der Waals surface area contributed by atoms with Crippen molar-refractivity contribution in [2.75, 3.05) is 19.6 Å². The minimum Gasteiger partial charge on any atom is -0.481 e. The molecule has 0 aliphatic carbocycles. The minimum atomic E-state index is -2.37. The standard InChI is InChI=1S/C8H13F2NO2/c9-7(10)5-11-3-1-2-6(4-11)8(12)13/h6-7H,1-5H2,(H,12,13)/t6-/m0/s1. The van der Waals surface area contributed by atoms with Gasteiger partial charge in [-0.05, 0) is 19.4 Å². The number of piperidine rings is 1. The maximum atomic E-state index is 12.0. The third kappa shape index (κ3) is 3.26. The molecule has 1 aliphatic heterocycles. The summed E-state index contributed by atoms with van der Waals surface area (Å²) in [6.07, 6.45) is -1.06. The molecule has 1 N–H and O–H groups in total. The molecule has 5 heteroatoms. The molecule has 0 radical (unpaired) electrons. The molecule has 0 saturated carbocycles. The molecule has 1 atom stereocenters. The van der Waals surface area contributed by atoms with Crippen LogP contribution < -0.4 is 0 Å². The summed E-state index contributed by atoms with van der Waals surface area (Å²) in [5.74, 6) is -1.34. The van der Waals surface area contributed by atoms with E-state index in [0.717, 1.165) is 0 Å². The first kappa shape index (κ1) is 10.4. The van der Waals surface area contributed by atoms with Gasteiger partial charge in [0.1, 0.15) is 0 Å². The van der Waals surface area contributed by atoms with E-state index in [1.807, 2.05) is 0 Å². The second-order valence-electron chi connectivity index (χ2n) is 3.33. The summed E-state index contributed by atoms with van der Waals surface area (Å²) < 4.78 is 23.9. The van der Waals surface area contributed by atoms with Crippen LogP contribution in [0.2, 0.25) is 0 Å². The highest BCUT2D eigenvalue weighted by atomic mass is 19.3.